The second kappa shape index (κ2) is 8.35. The number of piperidine rings is 2. The van der Waals surface area contributed by atoms with Crippen LogP contribution in [0.1, 0.15) is 52.4 Å². The lowest BCUT2D eigenvalue weighted by atomic mass is 9.97. The third-order valence-corrected chi connectivity index (χ3v) is 5.27. The number of rotatable bonds is 6. The molecule has 0 radical (unpaired) electrons. The molecule has 0 amide bonds. The van der Waals surface area contributed by atoms with Crippen LogP contribution in [0.4, 0.5) is 0 Å². The van der Waals surface area contributed by atoms with Gasteiger partial charge < -0.3 is 15.1 Å². The Bertz CT molecular complexity index is 251. The van der Waals surface area contributed by atoms with Gasteiger partial charge in [-0.2, -0.15) is 0 Å². The first-order valence-electron chi connectivity index (χ1n) is 8.82. The van der Waals surface area contributed by atoms with Crippen LogP contribution in [-0.2, 0) is 0 Å². The van der Waals surface area contributed by atoms with Gasteiger partial charge in [0.15, 0.2) is 0 Å². The highest BCUT2D eigenvalue weighted by atomic mass is 15.2. The second-order valence-electron chi connectivity index (χ2n) is 7.21. The van der Waals surface area contributed by atoms with E-state index in [0.29, 0.717) is 0 Å². The van der Waals surface area contributed by atoms with Crippen LogP contribution in [0.2, 0.25) is 0 Å². The molecule has 0 unspecified atom stereocenters. The van der Waals surface area contributed by atoms with E-state index in [-0.39, 0.29) is 0 Å². The molecule has 20 heavy (non-hydrogen) atoms. The summed E-state index contributed by atoms with van der Waals surface area (Å²) in [6.45, 7) is 11.3. The molecule has 0 saturated carbocycles. The Labute approximate surface area is 126 Å². The van der Waals surface area contributed by atoms with Crippen molar-refractivity contribution in [3.05, 3.63) is 0 Å². The molecule has 0 aromatic heterocycles. The Balaban J connectivity index is 1.62. The maximum atomic E-state index is 3.43. The topological polar surface area (TPSA) is 18.5 Å². The number of nitrogens with zero attached hydrogens (tertiary/aromatic N) is 2. The predicted octanol–water partition coefficient (Wildman–Crippen LogP) is 2.57. The molecule has 0 aromatic rings. The maximum Gasteiger partial charge on any atom is 0.0120 e. The summed E-state index contributed by atoms with van der Waals surface area (Å²) in [5.74, 6) is 0.862. The van der Waals surface area contributed by atoms with Gasteiger partial charge in [-0.1, -0.05) is 13.8 Å². The van der Waals surface area contributed by atoms with Gasteiger partial charge in [0.2, 0.25) is 0 Å². The summed E-state index contributed by atoms with van der Waals surface area (Å²) in [5, 5.41) is 3.43. The highest BCUT2D eigenvalue weighted by Crippen LogP contribution is 2.21. The van der Waals surface area contributed by atoms with Crippen molar-refractivity contribution < 1.29 is 0 Å². The Morgan fingerprint density at radius 2 is 1.65 bits per heavy atom. The average molecular weight is 281 g/mol. The standard InChI is InChI=1S/C17H35N3/c1-15(2)5-4-10-19-11-8-17(9-12-19)20-13-6-16(18-3)7-14-20/h15-18H,4-14H2,1-3H3. The van der Waals surface area contributed by atoms with E-state index >= 15 is 0 Å². The van der Waals surface area contributed by atoms with Gasteiger partial charge in [0.1, 0.15) is 0 Å². The van der Waals surface area contributed by atoms with Crippen molar-refractivity contribution in [2.24, 2.45) is 5.92 Å². The Hall–Kier alpha value is -0.120. The molecule has 0 aliphatic carbocycles. The SMILES string of the molecule is CNC1CCN(C2CCN(CCCC(C)C)CC2)CC1. The lowest BCUT2D eigenvalue weighted by Crippen LogP contribution is -2.50. The van der Waals surface area contributed by atoms with Crippen LogP contribution in [0.5, 0.6) is 0 Å². The molecule has 2 fully saturated rings. The molecule has 0 atom stereocenters. The van der Waals surface area contributed by atoms with Crippen molar-refractivity contribution in [1.29, 1.82) is 0 Å². The summed E-state index contributed by atoms with van der Waals surface area (Å²) >= 11 is 0. The highest BCUT2D eigenvalue weighted by Gasteiger charge is 2.27. The van der Waals surface area contributed by atoms with E-state index < -0.39 is 0 Å². The fourth-order valence-corrected chi connectivity index (χ4v) is 3.78. The monoisotopic (exact) mass is 281 g/mol. The Kier molecular flexibility index (Phi) is 6.79. The third-order valence-electron chi connectivity index (χ3n) is 5.27. The molecule has 2 heterocycles. The normalized spacial score (nSPS) is 24.6. The van der Waals surface area contributed by atoms with E-state index in [9.17, 15) is 0 Å². The average Bonchev–Trinajstić information content (AvgIpc) is 2.48. The molecule has 2 saturated heterocycles. The van der Waals surface area contributed by atoms with Gasteiger partial charge in [-0.3, -0.25) is 0 Å². The van der Waals surface area contributed by atoms with Crippen LogP contribution < -0.4 is 5.32 Å². The summed E-state index contributed by atoms with van der Waals surface area (Å²) in [5.41, 5.74) is 0. The van der Waals surface area contributed by atoms with Gasteiger partial charge >= 0.3 is 0 Å². The number of likely N-dealkylation sites (tertiary alicyclic amines) is 2. The number of hydrogen-bond donors (Lipinski definition) is 1. The van der Waals surface area contributed by atoms with E-state index in [4.69, 9.17) is 0 Å². The predicted molar refractivity (Wildman–Crippen MR) is 87.2 cm³/mol. The molecule has 3 heteroatoms. The molecular formula is C17H35N3. The lowest BCUT2D eigenvalue weighted by molar-refractivity contribution is 0.0837. The van der Waals surface area contributed by atoms with Crippen LogP contribution in [0.3, 0.4) is 0 Å². The number of hydrogen-bond acceptors (Lipinski definition) is 3. The zero-order valence-corrected chi connectivity index (χ0v) is 13.9. The van der Waals surface area contributed by atoms with E-state index in [0.717, 1.165) is 18.0 Å². The summed E-state index contributed by atoms with van der Waals surface area (Å²) in [4.78, 5) is 5.46. The summed E-state index contributed by atoms with van der Waals surface area (Å²) in [7, 11) is 2.11. The molecule has 0 spiro atoms. The summed E-state index contributed by atoms with van der Waals surface area (Å²) in [6.07, 6.45) is 8.24. The van der Waals surface area contributed by atoms with Gasteiger partial charge in [-0.05, 0) is 84.2 Å². The van der Waals surface area contributed by atoms with E-state index in [1.807, 2.05) is 0 Å². The minimum atomic E-state index is 0.766. The van der Waals surface area contributed by atoms with E-state index in [1.54, 1.807) is 0 Å². The van der Waals surface area contributed by atoms with Crippen LogP contribution in [0.25, 0.3) is 0 Å². The molecule has 0 bridgehead atoms. The van der Waals surface area contributed by atoms with Gasteiger partial charge in [0, 0.05) is 12.1 Å². The summed E-state index contributed by atoms with van der Waals surface area (Å²) in [6, 6.07) is 1.64. The van der Waals surface area contributed by atoms with Gasteiger partial charge in [-0.25, -0.2) is 0 Å². The minimum absolute atomic E-state index is 0.766. The van der Waals surface area contributed by atoms with E-state index in [1.165, 1.54) is 71.2 Å². The smallest absolute Gasteiger partial charge is 0.0120 e. The van der Waals surface area contributed by atoms with Crippen molar-refractivity contribution in [2.45, 2.75) is 64.5 Å². The zero-order chi connectivity index (χ0) is 14.4. The quantitative estimate of drug-likeness (QED) is 0.807. The Morgan fingerprint density at radius 3 is 2.20 bits per heavy atom. The van der Waals surface area contributed by atoms with E-state index in [2.05, 4.69) is 36.0 Å². The van der Waals surface area contributed by atoms with Crippen molar-refractivity contribution in [3.63, 3.8) is 0 Å². The molecule has 2 aliphatic heterocycles. The van der Waals surface area contributed by atoms with Gasteiger partial charge in [0.05, 0.1) is 0 Å². The van der Waals surface area contributed by atoms with Crippen molar-refractivity contribution in [1.82, 2.24) is 15.1 Å². The van der Waals surface area contributed by atoms with Gasteiger partial charge in [0.25, 0.3) is 0 Å². The van der Waals surface area contributed by atoms with Crippen LogP contribution in [0, 0.1) is 5.92 Å². The molecule has 3 nitrogen and oxygen atoms in total. The Morgan fingerprint density at radius 1 is 1.00 bits per heavy atom. The lowest BCUT2D eigenvalue weighted by Gasteiger charge is -2.41. The molecule has 0 aromatic carbocycles. The maximum absolute atomic E-state index is 3.43. The molecule has 1 N–H and O–H groups in total. The molecular weight excluding hydrogens is 246 g/mol. The van der Waals surface area contributed by atoms with Crippen molar-refractivity contribution in [2.75, 3.05) is 39.8 Å². The fourth-order valence-electron chi connectivity index (χ4n) is 3.78. The van der Waals surface area contributed by atoms with Crippen LogP contribution in [-0.4, -0.2) is 61.7 Å². The minimum Gasteiger partial charge on any atom is -0.317 e. The first-order chi connectivity index (χ1) is 9.69. The molecule has 2 rings (SSSR count). The molecule has 118 valence electrons. The van der Waals surface area contributed by atoms with Gasteiger partial charge in [-0.15, -0.1) is 0 Å². The number of nitrogens with one attached hydrogen (secondary N) is 1. The summed E-state index contributed by atoms with van der Waals surface area (Å²) < 4.78 is 0. The second-order valence-corrected chi connectivity index (χ2v) is 7.21. The first kappa shape index (κ1) is 16.3. The van der Waals surface area contributed by atoms with Crippen LogP contribution in [0.15, 0.2) is 0 Å². The molecule has 2 aliphatic rings. The highest BCUT2D eigenvalue weighted by molar-refractivity contribution is 4.84. The zero-order valence-electron chi connectivity index (χ0n) is 13.9. The van der Waals surface area contributed by atoms with Crippen LogP contribution >= 0.6 is 0 Å². The largest absolute Gasteiger partial charge is 0.317 e. The van der Waals surface area contributed by atoms with Crippen molar-refractivity contribution in [3.8, 4) is 0 Å². The third kappa shape index (κ3) is 5.01. The fraction of sp³-hybridized carbons (Fsp3) is 1.00. The van der Waals surface area contributed by atoms with Crippen molar-refractivity contribution >= 4 is 0 Å². The first-order valence-corrected chi connectivity index (χ1v) is 8.82.